The molecule has 0 bridgehead atoms. The number of halogens is 1. The minimum Gasteiger partial charge on any atom is -0.465 e. The third kappa shape index (κ3) is 2.53. The van der Waals surface area contributed by atoms with E-state index in [0.717, 1.165) is 18.2 Å². The fourth-order valence-corrected chi connectivity index (χ4v) is 4.69. The molecule has 2 aliphatic rings. The number of carbonyl (C=O) groups is 1. The predicted molar refractivity (Wildman–Crippen MR) is 80.8 cm³/mol. The van der Waals surface area contributed by atoms with Gasteiger partial charge in [0.2, 0.25) is 0 Å². The molecule has 1 aromatic heterocycles. The summed E-state index contributed by atoms with van der Waals surface area (Å²) in [5.74, 6) is -0.400. The average molecular weight is 315 g/mol. The number of ether oxygens (including phenoxy) is 1. The number of anilines is 1. The summed E-state index contributed by atoms with van der Waals surface area (Å²) in [5, 5.41) is 1.11. The first kappa shape index (κ1) is 14.1. The van der Waals surface area contributed by atoms with Crippen molar-refractivity contribution < 1.29 is 9.53 Å². The third-order valence-electron chi connectivity index (χ3n) is 4.70. The topological polar surface area (TPSA) is 42.4 Å². The Hall–Kier alpha value is -0.810. The van der Waals surface area contributed by atoms with E-state index in [2.05, 4.69) is 9.88 Å². The molecule has 1 saturated carbocycles. The smallest absolute Gasteiger partial charge is 0.351 e. The summed E-state index contributed by atoms with van der Waals surface area (Å²) in [6.07, 6.45) is 8.00. The zero-order chi connectivity index (χ0) is 14.2. The van der Waals surface area contributed by atoms with Crippen molar-refractivity contribution in [3.63, 3.8) is 0 Å². The highest BCUT2D eigenvalue weighted by Gasteiger charge is 2.37. The maximum Gasteiger partial charge on any atom is 0.351 e. The van der Waals surface area contributed by atoms with Crippen LogP contribution in [0.25, 0.3) is 0 Å². The normalized spacial score (nSPS) is 21.4. The van der Waals surface area contributed by atoms with Gasteiger partial charge in [0.1, 0.15) is 0 Å². The third-order valence-corrected chi connectivity index (χ3v) is 6.19. The zero-order valence-electron chi connectivity index (χ0n) is 11.7. The lowest BCUT2D eigenvalue weighted by Crippen LogP contribution is -2.38. The number of carbonyl (C=O) groups excluding carboxylic acids is 1. The Balaban J connectivity index is 1.70. The molecule has 20 heavy (non-hydrogen) atoms. The van der Waals surface area contributed by atoms with Crippen molar-refractivity contribution in [3.8, 4) is 0 Å². The first-order chi connectivity index (χ1) is 9.63. The van der Waals surface area contributed by atoms with Gasteiger partial charge in [0.05, 0.1) is 7.11 Å². The number of rotatable bonds is 2. The Bertz CT molecular complexity index is 501. The fourth-order valence-electron chi connectivity index (χ4n) is 3.44. The van der Waals surface area contributed by atoms with Crippen molar-refractivity contribution in [2.75, 3.05) is 25.1 Å². The highest BCUT2D eigenvalue weighted by atomic mass is 35.5. The molecule has 1 aromatic rings. The molecule has 0 unspecified atom stereocenters. The second-order valence-corrected chi connectivity index (χ2v) is 7.14. The number of hydrogen-bond acceptors (Lipinski definition) is 5. The van der Waals surface area contributed by atoms with Gasteiger partial charge in [0.15, 0.2) is 15.2 Å². The molecule has 2 heterocycles. The quantitative estimate of drug-likeness (QED) is 0.780. The van der Waals surface area contributed by atoms with Gasteiger partial charge in [-0.25, -0.2) is 9.78 Å². The SMILES string of the molecule is COC(=O)c1sc(N2CCC3(CCCC3)CC2)nc1Cl. The van der Waals surface area contributed by atoms with E-state index in [4.69, 9.17) is 16.3 Å². The molecule has 1 spiro atoms. The monoisotopic (exact) mass is 314 g/mol. The van der Waals surface area contributed by atoms with Crippen LogP contribution in [-0.4, -0.2) is 31.2 Å². The second-order valence-electron chi connectivity index (χ2n) is 5.80. The summed E-state index contributed by atoms with van der Waals surface area (Å²) in [7, 11) is 1.36. The van der Waals surface area contributed by atoms with Crippen molar-refractivity contribution in [2.24, 2.45) is 5.41 Å². The number of methoxy groups -OCH3 is 1. The van der Waals surface area contributed by atoms with Crippen LogP contribution in [0.2, 0.25) is 5.15 Å². The molecular weight excluding hydrogens is 296 g/mol. The molecule has 0 atom stereocenters. The van der Waals surface area contributed by atoms with E-state index < -0.39 is 5.97 Å². The van der Waals surface area contributed by atoms with Crippen molar-refractivity contribution in [3.05, 3.63) is 10.0 Å². The molecule has 4 nitrogen and oxygen atoms in total. The number of esters is 1. The van der Waals surface area contributed by atoms with E-state index in [-0.39, 0.29) is 5.15 Å². The summed E-state index contributed by atoms with van der Waals surface area (Å²) in [6.45, 7) is 2.04. The molecule has 2 fully saturated rings. The molecule has 1 aliphatic heterocycles. The Morgan fingerprint density at radius 2 is 1.95 bits per heavy atom. The van der Waals surface area contributed by atoms with Crippen molar-refractivity contribution in [1.82, 2.24) is 4.98 Å². The maximum absolute atomic E-state index is 11.6. The molecule has 0 radical (unpaired) electrons. The Labute approximate surface area is 128 Å². The second kappa shape index (κ2) is 5.53. The number of aromatic nitrogens is 1. The summed E-state index contributed by atoms with van der Waals surface area (Å²) >= 11 is 7.37. The zero-order valence-corrected chi connectivity index (χ0v) is 13.2. The molecule has 0 amide bonds. The van der Waals surface area contributed by atoms with E-state index in [1.165, 1.54) is 57.0 Å². The van der Waals surface area contributed by atoms with Gasteiger partial charge in [-0.05, 0) is 31.1 Å². The minimum atomic E-state index is -0.400. The standard InChI is InChI=1S/C14H19ClN2O2S/c1-19-12(18)10-11(15)16-13(20-10)17-8-6-14(7-9-17)4-2-3-5-14/h2-9H2,1H3. The van der Waals surface area contributed by atoms with Crippen molar-refractivity contribution >= 4 is 34.0 Å². The maximum atomic E-state index is 11.6. The summed E-state index contributed by atoms with van der Waals surface area (Å²) < 4.78 is 4.72. The van der Waals surface area contributed by atoms with Gasteiger partial charge in [-0.2, -0.15) is 0 Å². The van der Waals surface area contributed by atoms with Crippen LogP contribution in [0.4, 0.5) is 5.13 Å². The molecule has 6 heteroatoms. The van der Waals surface area contributed by atoms with Gasteiger partial charge in [-0.15, -0.1) is 0 Å². The fraction of sp³-hybridized carbons (Fsp3) is 0.714. The number of thiazole rings is 1. The molecule has 110 valence electrons. The van der Waals surface area contributed by atoms with Crippen LogP contribution >= 0.6 is 22.9 Å². The molecule has 1 aliphatic carbocycles. The van der Waals surface area contributed by atoms with Crippen LogP contribution in [0.3, 0.4) is 0 Å². The Kier molecular flexibility index (Phi) is 3.91. The van der Waals surface area contributed by atoms with Gasteiger partial charge in [-0.1, -0.05) is 35.8 Å². The van der Waals surface area contributed by atoms with Crippen LogP contribution in [0, 0.1) is 5.41 Å². The molecule has 1 saturated heterocycles. The molecule has 0 aromatic carbocycles. The van der Waals surface area contributed by atoms with Gasteiger partial charge in [-0.3, -0.25) is 0 Å². The average Bonchev–Trinajstić information content (AvgIpc) is 3.06. The molecular formula is C14H19ClN2O2S. The molecule has 3 rings (SSSR count). The lowest BCUT2D eigenvalue weighted by Gasteiger charge is -2.39. The number of hydrogen-bond donors (Lipinski definition) is 0. The van der Waals surface area contributed by atoms with Crippen LogP contribution in [0.5, 0.6) is 0 Å². The number of piperidine rings is 1. The first-order valence-electron chi connectivity index (χ1n) is 7.13. The number of nitrogens with zero attached hydrogens (tertiary/aromatic N) is 2. The highest BCUT2D eigenvalue weighted by Crippen LogP contribution is 2.47. The Morgan fingerprint density at radius 1 is 1.30 bits per heavy atom. The lowest BCUT2D eigenvalue weighted by atomic mass is 9.77. The lowest BCUT2D eigenvalue weighted by molar-refractivity contribution is 0.0606. The van der Waals surface area contributed by atoms with E-state index in [9.17, 15) is 4.79 Å². The summed E-state index contributed by atoms with van der Waals surface area (Å²) in [5.41, 5.74) is 0.586. The molecule has 0 N–H and O–H groups in total. The predicted octanol–water partition coefficient (Wildman–Crippen LogP) is 3.74. The van der Waals surface area contributed by atoms with Crippen LogP contribution in [0.1, 0.15) is 48.2 Å². The van der Waals surface area contributed by atoms with Crippen LogP contribution in [-0.2, 0) is 4.74 Å². The minimum absolute atomic E-state index is 0.262. The van der Waals surface area contributed by atoms with E-state index >= 15 is 0 Å². The summed E-state index contributed by atoms with van der Waals surface area (Å²) in [6, 6.07) is 0. The van der Waals surface area contributed by atoms with Crippen molar-refractivity contribution in [2.45, 2.75) is 38.5 Å². The Morgan fingerprint density at radius 3 is 2.55 bits per heavy atom. The van der Waals surface area contributed by atoms with E-state index in [1.807, 2.05) is 0 Å². The van der Waals surface area contributed by atoms with E-state index in [1.54, 1.807) is 0 Å². The van der Waals surface area contributed by atoms with Gasteiger partial charge in [0.25, 0.3) is 0 Å². The largest absolute Gasteiger partial charge is 0.465 e. The van der Waals surface area contributed by atoms with Gasteiger partial charge < -0.3 is 9.64 Å². The van der Waals surface area contributed by atoms with Gasteiger partial charge >= 0.3 is 5.97 Å². The first-order valence-corrected chi connectivity index (χ1v) is 8.33. The summed E-state index contributed by atoms with van der Waals surface area (Å²) in [4.78, 5) is 18.6. The van der Waals surface area contributed by atoms with Crippen LogP contribution < -0.4 is 4.90 Å². The van der Waals surface area contributed by atoms with Gasteiger partial charge in [0, 0.05) is 13.1 Å². The van der Waals surface area contributed by atoms with Crippen LogP contribution in [0.15, 0.2) is 0 Å². The highest BCUT2D eigenvalue weighted by molar-refractivity contribution is 7.18. The van der Waals surface area contributed by atoms with E-state index in [0.29, 0.717) is 10.3 Å². The van der Waals surface area contributed by atoms with Crippen molar-refractivity contribution in [1.29, 1.82) is 0 Å².